The van der Waals surface area contributed by atoms with Crippen molar-refractivity contribution in [1.29, 1.82) is 0 Å². The molecule has 0 amide bonds. The number of pyridine rings is 1. The molecular formula is C22H24N6O. The van der Waals surface area contributed by atoms with Crippen LogP contribution in [0.2, 0.25) is 0 Å². The molecule has 0 atom stereocenters. The Kier molecular flexibility index (Phi) is 5.67. The zero-order valence-electron chi connectivity index (χ0n) is 16.4. The number of rotatable bonds is 5. The summed E-state index contributed by atoms with van der Waals surface area (Å²) in [7, 11) is 1.77. The molecule has 0 aliphatic carbocycles. The van der Waals surface area contributed by atoms with E-state index in [9.17, 15) is 4.79 Å². The lowest BCUT2D eigenvalue weighted by atomic mass is 10.1. The number of anilines is 2. The zero-order chi connectivity index (χ0) is 20.1. The first-order valence-electron chi connectivity index (χ1n) is 9.71. The normalized spacial score (nSPS) is 14.3. The van der Waals surface area contributed by atoms with Gasteiger partial charge in [0.15, 0.2) is 0 Å². The first kappa shape index (κ1) is 18.9. The quantitative estimate of drug-likeness (QED) is 0.623. The van der Waals surface area contributed by atoms with Crippen molar-refractivity contribution in [3.63, 3.8) is 0 Å². The lowest BCUT2D eigenvalue weighted by Gasteiger charge is -2.29. The maximum atomic E-state index is 12.2. The van der Waals surface area contributed by atoms with Crippen molar-refractivity contribution < 1.29 is 0 Å². The smallest absolute Gasteiger partial charge is 0.255 e. The van der Waals surface area contributed by atoms with E-state index in [1.807, 2.05) is 24.3 Å². The molecule has 7 heteroatoms. The van der Waals surface area contributed by atoms with Crippen LogP contribution >= 0.6 is 0 Å². The average Bonchev–Trinajstić information content (AvgIpc) is 2.79. The minimum atomic E-state index is -0.134. The van der Waals surface area contributed by atoms with Crippen LogP contribution in [0.1, 0.15) is 11.1 Å². The molecule has 1 saturated heterocycles. The summed E-state index contributed by atoms with van der Waals surface area (Å²) < 4.78 is 0. The summed E-state index contributed by atoms with van der Waals surface area (Å²) in [6.45, 7) is 4.08. The van der Waals surface area contributed by atoms with E-state index >= 15 is 0 Å². The van der Waals surface area contributed by atoms with Crippen LogP contribution in [0.3, 0.4) is 0 Å². The van der Waals surface area contributed by atoms with Gasteiger partial charge in [-0.15, -0.1) is 0 Å². The van der Waals surface area contributed by atoms with Gasteiger partial charge < -0.3 is 20.5 Å². The topological polar surface area (TPSA) is 85.9 Å². The van der Waals surface area contributed by atoms with Gasteiger partial charge in [-0.2, -0.15) is 0 Å². The Morgan fingerprint density at radius 1 is 1.10 bits per heavy atom. The third-order valence-electron chi connectivity index (χ3n) is 4.94. The second-order valence-corrected chi connectivity index (χ2v) is 6.85. The van der Waals surface area contributed by atoms with Crippen molar-refractivity contribution in [2.24, 2.45) is 0 Å². The van der Waals surface area contributed by atoms with Crippen LogP contribution in [0.5, 0.6) is 0 Å². The van der Waals surface area contributed by atoms with Crippen molar-refractivity contribution >= 4 is 23.8 Å². The molecule has 1 aliphatic rings. The Hall–Kier alpha value is -3.45. The van der Waals surface area contributed by atoms with Gasteiger partial charge in [0.05, 0.1) is 5.69 Å². The molecule has 0 radical (unpaired) electrons. The van der Waals surface area contributed by atoms with Crippen LogP contribution in [0.4, 0.5) is 11.6 Å². The molecule has 3 N–H and O–H groups in total. The van der Waals surface area contributed by atoms with E-state index in [0.29, 0.717) is 11.5 Å². The molecule has 1 aliphatic heterocycles. The summed E-state index contributed by atoms with van der Waals surface area (Å²) in [5.41, 5.74) is 4.30. The van der Waals surface area contributed by atoms with Gasteiger partial charge in [0.25, 0.3) is 5.56 Å². The Bertz CT molecular complexity index is 1050. The number of H-pyrrole nitrogens is 1. The van der Waals surface area contributed by atoms with E-state index < -0.39 is 0 Å². The summed E-state index contributed by atoms with van der Waals surface area (Å²) in [5, 5.41) is 6.29. The minimum absolute atomic E-state index is 0.134. The van der Waals surface area contributed by atoms with Gasteiger partial charge in [0.1, 0.15) is 0 Å². The summed E-state index contributed by atoms with van der Waals surface area (Å²) in [5.74, 6) is 0.537. The molecular weight excluding hydrogens is 364 g/mol. The highest BCUT2D eigenvalue weighted by Gasteiger charge is 2.09. The Labute approximate surface area is 169 Å². The van der Waals surface area contributed by atoms with Crippen LogP contribution in [-0.2, 0) is 0 Å². The number of aromatic amines is 1. The second kappa shape index (κ2) is 8.70. The lowest BCUT2D eigenvalue weighted by Crippen LogP contribution is -2.43. The Balaban J connectivity index is 1.54. The van der Waals surface area contributed by atoms with Gasteiger partial charge in [-0.05, 0) is 35.9 Å². The molecule has 0 bridgehead atoms. The lowest BCUT2D eigenvalue weighted by molar-refractivity contribution is 0.589. The van der Waals surface area contributed by atoms with E-state index in [0.717, 1.165) is 43.0 Å². The Morgan fingerprint density at radius 3 is 2.66 bits per heavy atom. The largest absolute Gasteiger partial charge is 0.369 e. The monoisotopic (exact) mass is 388 g/mol. The highest BCUT2D eigenvalue weighted by molar-refractivity contribution is 5.72. The fraction of sp³-hybridized carbons (Fsp3) is 0.227. The molecule has 0 spiro atoms. The summed E-state index contributed by atoms with van der Waals surface area (Å²) in [4.78, 5) is 26.0. The second-order valence-electron chi connectivity index (χ2n) is 6.85. The van der Waals surface area contributed by atoms with E-state index in [1.165, 1.54) is 5.69 Å². The highest BCUT2D eigenvalue weighted by atomic mass is 16.1. The minimum Gasteiger partial charge on any atom is -0.369 e. The molecule has 2 aromatic heterocycles. The third kappa shape index (κ3) is 4.52. The molecule has 4 rings (SSSR count). The van der Waals surface area contributed by atoms with Crippen molar-refractivity contribution in [3.8, 4) is 11.3 Å². The third-order valence-corrected chi connectivity index (χ3v) is 4.94. The van der Waals surface area contributed by atoms with Gasteiger partial charge in [-0.3, -0.25) is 4.79 Å². The average molecular weight is 388 g/mol. The molecule has 3 aromatic rings. The van der Waals surface area contributed by atoms with Gasteiger partial charge in [-0.25, -0.2) is 9.97 Å². The predicted molar refractivity (Wildman–Crippen MR) is 118 cm³/mol. The van der Waals surface area contributed by atoms with Crippen molar-refractivity contribution in [3.05, 3.63) is 70.3 Å². The number of aromatic nitrogens is 3. The molecule has 1 fully saturated rings. The van der Waals surface area contributed by atoms with E-state index in [1.54, 1.807) is 19.4 Å². The van der Waals surface area contributed by atoms with Crippen LogP contribution < -0.4 is 21.1 Å². The number of nitrogens with zero attached hydrogens (tertiary/aromatic N) is 3. The van der Waals surface area contributed by atoms with E-state index in [-0.39, 0.29) is 5.56 Å². The summed E-state index contributed by atoms with van der Waals surface area (Å²) >= 11 is 0. The van der Waals surface area contributed by atoms with Gasteiger partial charge in [0, 0.05) is 62.4 Å². The fourth-order valence-corrected chi connectivity index (χ4v) is 3.32. The fourth-order valence-electron chi connectivity index (χ4n) is 3.32. The standard InChI is InChI=1S/C22H24N6O/c1-23-22-25-9-8-20(27-22)18-14-17(21(29)26-15-18)5-2-16-3-6-19(7-4-16)28-12-10-24-11-13-28/h2-9,14-15,24H,10-13H2,1H3,(H,26,29)(H,23,25,27). The van der Waals surface area contributed by atoms with Gasteiger partial charge in [0.2, 0.25) is 5.95 Å². The van der Waals surface area contributed by atoms with Gasteiger partial charge >= 0.3 is 0 Å². The molecule has 1 aromatic carbocycles. The van der Waals surface area contributed by atoms with E-state index in [4.69, 9.17) is 0 Å². The maximum absolute atomic E-state index is 12.2. The molecule has 148 valence electrons. The number of hydrogen-bond donors (Lipinski definition) is 3. The number of piperazine rings is 1. The van der Waals surface area contributed by atoms with E-state index in [2.05, 4.69) is 54.8 Å². The molecule has 0 saturated carbocycles. The van der Waals surface area contributed by atoms with Crippen LogP contribution in [-0.4, -0.2) is 48.2 Å². The Morgan fingerprint density at radius 2 is 1.90 bits per heavy atom. The van der Waals surface area contributed by atoms with Crippen LogP contribution in [0.25, 0.3) is 23.4 Å². The summed E-state index contributed by atoms with van der Waals surface area (Å²) in [6.07, 6.45) is 7.15. The van der Waals surface area contributed by atoms with Crippen LogP contribution in [0, 0.1) is 0 Å². The van der Waals surface area contributed by atoms with Crippen LogP contribution in [0.15, 0.2) is 53.6 Å². The van der Waals surface area contributed by atoms with Crippen molar-refractivity contribution in [1.82, 2.24) is 20.3 Å². The molecule has 3 heterocycles. The zero-order valence-corrected chi connectivity index (χ0v) is 16.4. The first-order valence-corrected chi connectivity index (χ1v) is 9.71. The number of nitrogens with one attached hydrogen (secondary N) is 3. The molecule has 29 heavy (non-hydrogen) atoms. The SMILES string of the molecule is CNc1nccc(-c2c[nH]c(=O)c(C=Cc3ccc(N4CCNCC4)cc3)c2)n1. The van der Waals surface area contributed by atoms with Crippen molar-refractivity contribution in [2.45, 2.75) is 0 Å². The molecule has 7 nitrogen and oxygen atoms in total. The first-order chi connectivity index (χ1) is 14.2. The predicted octanol–water partition coefficient (Wildman–Crippen LogP) is 2.45. The highest BCUT2D eigenvalue weighted by Crippen LogP contribution is 2.19. The maximum Gasteiger partial charge on any atom is 0.255 e. The molecule has 0 unspecified atom stereocenters. The summed E-state index contributed by atoms with van der Waals surface area (Å²) in [6, 6.07) is 12.1. The van der Waals surface area contributed by atoms with Crippen molar-refractivity contribution in [2.75, 3.05) is 43.4 Å². The number of hydrogen-bond acceptors (Lipinski definition) is 6. The van der Waals surface area contributed by atoms with Gasteiger partial charge in [-0.1, -0.05) is 18.2 Å². The number of benzene rings is 1.